The summed E-state index contributed by atoms with van der Waals surface area (Å²) in [5.41, 5.74) is 0. The van der Waals surface area contributed by atoms with Crippen LogP contribution in [0.3, 0.4) is 0 Å². The molecule has 0 spiro atoms. The van der Waals surface area contributed by atoms with E-state index < -0.39 is 11.6 Å². The Kier molecular flexibility index (Phi) is 3.39. The summed E-state index contributed by atoms with van der Waals surface area (Å²) in [5, 5.41) is 8.77. The molecule has 1 N–H and O–H groups in total. The maximum absolute atomic E-state index is 13.2. The van der Waals surface area contributed by atoms with Crippen molar-refractivity contribution in [3.05, 3.63) is 53.5 Å². The van der Waals surface area contributed by atoms with Crippen LogP contribution in [0.5, 0.6) is 5.75 Å². The predicted octanol–water partition coefficient (Wildman–Crippen LogP) is 2.63. The van der Waals surface area contributed by atoms with Crippen molar-refractivity contribution in [3.8, 4) is 5.75 Å². The molecule has 0 aliphatic carbocycles. The molecule has 0 unspecified atom stereocenters. The van der Waals surface area contributed by atoms with Gasteiger partial charge in [0.2, 0.25) is 5.82 Å². The number of aliphatic hydroxyl groups excluding tert-OH is 1. The molecule has 0 amide bonds. The number of ether oxygens (including phenoxy) is 1. The molecule has 0 atom stereocenters. The van der Waals surface area contributed by atoms with Gasteiger partial charge in [0.05, 0.1) is 0 Å². The van der Waals surface area contributed by atoms with E-state index >= 15 is 0 Å². The number of halogens is 2. The summed E-state index contributed by atoms with van der Waals surface area (Å²) in [7, 11) is 0. The number of aliphatic hydroxyl groups is 1. The largest absolute Gasteiger partial charge is 0.482 e. The summed E-state index contributed by atoms with van der Waals surface area (Å²) in [6.45, 7) is -0.241. The highest BCUT2D eigenvalue weighted by Crippen LogP contribution is 2.20. The van der Waals surface area contributed by atoms with E-state index in [2.05, 4.69) is 0 Å². The van der Waals surface area contributed by atoms with Crippen molar-refractivity contribution in [1.29, 1.82) is 0 Å². The number of benzene rings is 1. The minimum absolute atomic E-state index is 0.0274. The molecule has 0 fully saturated rings. The van der Waals surface area contributed by atoms with Gasteiger partial charge in [-0.1, -0.05) is 6.07 Å². The Morgan fingerprint density at radius 3 is 2.59 bits per heavy atom. The van der Waals surface area contributed by atoms with Crippen LogP contribution in [0.1, 0.15) is 11.5 Å². The molecule has 0 aliphatic rings. The second-order valence-corrected chi connectivity index (χ2v) is 3.37. The van der Waals surface area contributed by atoms with Crippen molar-refractivity contribution in [2.24, 2.45) is 0 Å². The Morgan fingerprint density at radius 1 is 1.12 bits per heavy atom. The van der Waals surface area contributed by atoms with Crippen molar-refractivity contribution < 1.29 is 23.0 Å². The topological polar surface area (TPSA) is 42.6 Å². The van der Waals surface area contributed by atoms with Gasteiger partial charge in [-0.2, -0.15) is 4.39 Å². The molecule has 0 saturated heterocycles. The summed E-state index contributed by atoms with van der Waals surface area (Å²) in [4.78, 5) is 0. The van der Waals surface area contributed by atoms with Crippen molar-refractivity contribution in [2.75, 3.05) is 0 Å². The third kappa shape index (κ3) is 2.62. The zero-order chi connectivity index (χ0) is 12.3. The minimum Gasteiger partial charge on any atom is -0.482 e. The van der Waals surface area contributed by atoms with Crippen LogP contribution in [0.25, 0.3) is 0 Å². The van der Waals surface area contributed by atoms with E-state index in [-0.39, 0.29) is 19.0 Å². The van der Waals surface area contributed by atoms with Crippen LogP contribution in [-0.2, 0) is 13.2 Å². The SMILES string of the molecule is OCc1ccc(COc2cccc(F)c2F)o1. The summed E-state index contributed by atoms with van der Waals surface area (Å²) >= 11 is 0. The third-order valence-corrected chi connectivity index (χ3v) is 2.16. The van der Waals surface area contributed by atoms with E-state index in [9.17, 15) is 8.78 Å². The molecule has 0 aliphatic heterocycles. The lowest BCUT2D eigenvalue weighted by Crippen LogP contribution is -1.97. The lowest BCUT2D eigenvalue weighted by molar-refractivity contribution is 0.220. The normalized spacial score (nSPS) is 10.5. The van der Waals surface area contributed by atoms with Gasteiger partial charge < -0.3 is 14.3 Å². The highest BCUT2D eigenvalue weighted by atomic mass is 19.2. The first-order valence-corrected chi connectivity index (χ1v) is 4.96. The molecule has 0 saturated carbocycles. The van der Waals surface area contributed by atoms with Gasteiger partial charge in [-0.3, -0.25) is 0 Å². The second kappa shape index (κ2) is 4.97. The van der Waals surface area contributed by atoms with E-state index in [1.165, 1.54) is 12.1 Å². The van der Waals surface area contributed by atoms with Crippen LogP contribution in [-0.4, -0.2) is 5.11 Å². The monoisotopic (exact) mass is 240 g/mol. The van der Waals surface area contributed by atoms with Crippen LogP contribution >= 0.6 is 0 Å². The van der Waals surface area contributed by atoms with Gasteiger partial charge in [0.25, 0.3) is 0 Å². The van der Waals surface area contributed by atoms with E-state index in [1.54, 1.807) is 12.1 Å². The Hall–Kier alpha value is -1.88. The molecule has 90 valence electrons. The molecule has 1 heterocycles. The van der Waals surface area contributed by atoms with Gasteiger partial charge in [-0.15, -0.1) is 0 Å². The summed E-state index contributed by atoms with van der Waals surface area (Å²) in [6.07, 6.45) is 0. The van der Waals surface area contributed by atoms with E-state index in [0.29, 0.717) is 11.5 Å². The lowest BCUT2D eigenvalue weighted by atomic mass is 10.3. The number of hydrogen-bond donors (Lipinski definition) is 1. The minimum atomic E-state index is -1.03. The molecule has 17 heavy (non-hydrogen) atoms. The van der Waals surface area contributed by atoms with Gasteiger partial charge in [-0.05, 0) is 24.3 Å². The van der Waals surface area contributed by atoms with E-state index in [0.717, 1.165) is 6.07 Å². The fraction of sp³-hybridized carbons (Fsp3) is 0.167. The molecular formula is C12H10F2O3. The fourth-order valence-corrected chi connectivity index (χ4v) is 1.33. The van der Waals surface area contributed by atoms with Crippen molar-refractivity contribution in [2.45, 2.75) is 13.2 Å². The Balaban J connectivity index is 2.04. The Labute approximate surface area is 96.3 Å². The van der Waals surface area contributed by atoms with Gasteiger partial charge in [0.15, 0.2) is 11.6 Å². The van der Waals surface area contributed by atoms with Crippen molar-refractivity contribution >= 4 is 0 Å². The average molecular weight is 240 g/mol. The van der Waals surface area contributed by atoms with Crippen molar-refractivity contribution in [3.63, 3.8) is 0 Å². The highest BCUT2D eigenvalue weighted by Gasteiger charge is 2.09. The van der Waals surface area contributed by atoms with Crippen LogP contribution in [0.15, 0.2) is 34.7 Å². The first-order valence-electron chi connectivity index (χ1n) is 4.96. The standard InChI is InChI=1S/C12H10F2O3/c13-10-2-1-3-11(12(10)14)16-7-9-5-4-8(6-15)17-9/h1-5,15H,6-7H2. The van der Waals surface area contributed by atoms with E-state index in [4.69, 9.17) is 14.3 Å². The van der Waals surface area contributed by atoms with Gasteiger partial charge in [-0.25, -0.2) is 4.39 Å². The summed E-state index contributed by atoms with van der Waals surface area (Å²) < 4.78 is 36.3. The number of hydrogen-bond acceptors (Lipinski definition) is 3. The second-order valence-electron chi connectivity index (χ2n) is 3.37. The van der Waals surface area contributed by atoms with E-state index in [1.807, 2.05) is 0 Å². The zero-order valence-electron chi connectivity index (χ0n) is 8.82. The fourth-order valence-electron chi connectivity index (χ4n) is 1.33. The third-order valence-electron chi connectivity index (χ3n) is 2.16. The molecule has 1 aromatic heterocycles. The maximum atomic E-state index is 13.2. The average Bonchev–Trinajstić information content (AvgIpc) is 2.79. The first kappa shape index (κ1) is 11.6. The first-order chi connectivity index (χ1) is 8.20. The van der Waals surface area contributed by atoms with Gasteiger partial charge in [0.1, 0.15) is 24.7 Å². The molecule has 0 bridgehead atoms. The number of rotatable bonds is 4. The Morgan fingerprint density at radius 2 is 1.88 bits per heavy atom. The molecule has 2 aromatic rings. The van der Waals surface area contributed by atoms with Gasteiger partial charge in [0, 0.05) is 0 Å². The molecular weight excluding hydrogens is 230 g/mol. The van der Waals surface area contributed by atoms with Gasteiger partial charge >= 0.3 is 0 Å². The van der Waals surface area contributed by atoms with Crippen LogP contribution in [0.4, 0.5) is 8.78 Å². The Bertz CT molecular complexity index is 508. The van der Waals surface area contributed by atoms with Crippen LogP contribution in [0, 0.1) is 11.6 Å². The van der Waals surface area contributed by atoms with Crippen molar-refractivity contribution in [1.82, 2.24) is 0 Å². The highest BCUT2D eigenvalue weighted by molar-refractivity contribution is 5.25. The predicted molar refractivity (Wildman–Crippen MR) is 55.3 cm³/mol. The summed E-state index contributed by atoms with van der Waals surface area (Å²) in [5.74, 6) is -1.34. The maximum Gasteiger partial charge on any atom is 0.200 e. The summed E-state index contributed by atoms with van der Waals surface area (Å²) in [6, 6.07) is 6.88. The van der Waals surface area contributed by atoms with Crippen LogP contribution < -0.4 is 4.74 Å². The molecule has 3 nitrogen and oxygen atoms in total. The molecule has 1 aromatic carbocycles. The quantitative estimate of drug-likeness (QED) is 0.893. The van der Waals surface area contributed by atoms with Crippen LogP contribution in [0.2, 0.25) is 0 Å². The lowest BCUT2D eigenvalue weighted by Gasteiger charge is -2.05. The zero-order valence-corrected chi connectivity index (χ0v) is 8.82. The molecule has 5 heteroatoms. The number of furan rings is 1. The molecule has 2 rings (SSSR count). The smallest absolute Gasteiger partial charge is 0.200 e. The molecule has 0 radical (unpaired) electrons.